The maximum atomic E-state index is 11.2. The highest BCUT2D eigenvalue weighted by Gasteiger charge is 2.12. The van der Waals surface area contributed by atoms with Gasteiger partial charge in [0, 0.05) is 17.0 Å². The molecule has 2 aromatic carbocycles. The zero-order valence-corrected chi connectivity index (χ0v) is 13.9. The quantitative estimate of drug-likeness (QED) is 0.740. The largest absolute Gasteiger partial charge is 0.478 e. The van der Waals surface area contributed by atoms with Crippen LogP contribution in [0.1, 0.15) is 41.5 Å². The van der Waals surface area contributed by atoms with Crippen LogP contribution >= 0.6 is 0 Å². The van der Waals surface area contributed by atoms with Gasteiger partial charge in [-0.2, -0.15) is 0 Å². The minimum Gasteiger partial charge on any atom is -0.478 e. The summed E-state index contributed by atoms with van der Waals surface area (Å²) >= 11 is 0. The molecule has 122 valence electrons. The van der Waals surface area contributed by atoms with Gasteiger partial charge in [-0.1, -0.05) is 32.0 Å². The summed E-state index contributed by atoms with van der Waals surface area (Å²) in [6, 6.07) is 12.8. The Balaban J connectivity index is 2.13. The van der Waals surface area contributed by atoms with Gasteiger partial charge in [0.15, 0.2) is 0 Å². The summed E-state index contributed by atoms with van der Waals surface area (Å²) in [6.45, 7) is 6.02. The second-order valence-electron chi connectivity index (χ2n) is 6.06. The summed E-state index contributed by atoms with van der Waals surface area (Å²) in [5.41, 5.74) is 2.79. The van der Waals surface area contributed by atoms with E-state index in [1.807, 2.05) is 45.0 Å². The minimum atomic E-state index is -0.950. The first kappa shape index (κ1) is 15.9. The van der Waals surface area contributed by atoms with Crippen LogP contribution in [0.15, 0.2) is 42.5 Å². The number of hydrogen-bond acceptors (Lipinski definition) is 4. The number of aryl methyl sites for hydroxylation is 1. The van der Waals surface area contributed by atoms with Gasteiger partial charge in [-0.05, 0) is 36.8 Å². The molecule has 0 unspecified atom stereocenters. The second-order valence-corrected chi connectivity index (χ2v) is 6.06. The van der Waals surface area contributed by atoms with Crippen LogP contribution in [-0.4, -0.2) is 21.0 Å². The molecule has 0 bridgehead atoms. The number of nitrogens with zero attached hydrogens (tertiary/aromatic N) is 2. The molecule has 0 amide bonds. The molecule has 24 heavy (non-hydrogen) atoms. The fourth-order valence-corrected chi connectivity index (χ4v) is 2.47. The lowest BCUT2D eigenvalue weighted by atomic mass is 10.1. The predicted octanol–water partition coefficient (Wildman–Crippen LogP) is 4.50. The molecular weight excluding hydrogens is 302 g/mol. The van der Waals surface area contributed by atoms with Crippen molar-refractivity contribution in [1.29, 1.82) is 0 Å². The number of fused-ring (bicyclic) bond motifs is 1. The standard InChI is InChI=1S/C19H19N3O2/c1-11(2)17-20-15-7-5-4-6-14(15)18(22-17)21-16-10-13(19(23)24)9-8-12(16)3/h4-11H,1-3H3,(H,23,24)(H,20,21,22). The number of anilines is 2. The number of carbonyl (C=O) groups is 1. The number of rotatable bonds is 4. The van der Waals surface area contributed by atoms with E-state index in [2.05, 4.69) is 15.3 Å². The van der Waals surface area contributed by atoms with Crippen molar-refractivity contribution in [3.8, 4) is 0 Å². The molecule has 3 aromatic rings. The smallest absolute Gasteiger partial charge is 0.335 e. The Morgan fingerprint density at radius 3 is 2.58 bits per heavy atom. The van der Waals surface area contributed by atoms with Gasteiger partial charge in [-0.3, -0.25) is 0 Å². The van der Waals surface area contributed by atoms with E-state index in [1.54, 1.807) is 18.2 Å². The molecule has 2 N–H and O–H groups in total. The Labute approximate surface area is 140 Å². The summed E-state index contributed by atoms with van der Waals surface area (Å²) in [6.07, 6.45) is 0. The van der Waals surface area contributed by atoms with Crippen molar-refractivity contribution in [2.45, 2.75) is 26.7 Å². The predicted molar refractivity (Wildman–Crippen MR) is 95.0 cm³/mol. The van der Waals surface area contributed by atoms with Crippen LogP contribution in [0.3, 0.4) is 0 Å². The Kier molecular flexibility index (Phi) is 4.16. The minimum absolute atomic E-state index is 0.196. The SMILES string of the molecule is Cc1ccc(C(=O)O)cc1Nc1nc(C(C)C)nc2ccccc12. The first-order valence-corrected chi connectivity index (χ1v) is 7.83. The maximum absolute atomic E-state index is 11.2. The van der Waals surface area contributed by atoms with E-state index >= 15 is 0 Å². The third kappa shape index (κ3) is 3.06. The highest BCUT2D eigenvalue weighted by Crippen LogP contribution is 2.27. The van der Waals surface area contributed by atoms with Gasteiger partial charge >= 0.3 is 5.97 Å². The van der Waals surface area contributed by atoms with Gasteiger partial charge in [0.1, 0.15) is 11.6 Å². The monoisotopic (exact) mass is 321 g/mol. The molecule has 0 aliphatic rings. The first-order chi connectivity index (χ1) is 11.5. The zero-order valence-electron chi connectivity index (χ0n) is 13.9. The van der Waals surface area contributed by atoms with Crippen LogP contribution in [0.25, 0.3) is 10.9 Å². The van der Waals surface area contributed by atoms with Crippen molar-refractivity contribution >= 4 is 28.4 Å². The number of benzene rings is 2. The summed E-state index contributed by atoms with van der Waals surface area (Å²) in [5.74, 6) is 0.688. The Hall–Kier alpha value is -2.95. The lowest BCUT2D eigenvalue weighted by Crippen LogP contribution is -2.05. The number of carboxylic acids is 1. The molecule has 0 aliphatic heterocycles. The molecule has 0 fully saturated rings. The van der Waals surface area contributed by atoms with Crippen LogP contribution in [-0.2, 0) is 0 Å². The van der Waals surface area contributed by atoms with Gasteiger partial charge in [0.2, 0.25) is 0 Å². The third-order valence-electron chi connectivity index (χ3n) is 3.87. The highest BCUT2D eigenvalue weighted by atomic mass is 16.4. The highest BCUT2D eigenvalue weighted by molar-refractivity contribution is 5.93. The van der Waals surface area contributed by atoms with Crippen molar-refractivity contribution in [1.82, 2.24) is 9.97 Å². The molecule has 0 saturated heterocycles. The number of aromatic nitrogens is 2. The molecular formula is C19H19N3O2. The fourth-order valence-electron chi connectivity index (χ4n) is 2.47. The van der Waals surface area contributed by atoms with Crippen LogP contribution < -0.4 is 5.32 Å². The average molecular weight is 321 g/mol. The number of para-hydroxylation sites is 1. The van der Waals surface area contributed by atoms with Crippen molar-refractivity contribution in [2.24, 2.45) is 0 Å². The molecule has 0 atom stereocenters. The molecule has 1 heterocycles. The van der Waals surface area contributed by atoms with Crippen LogP contribution in [0.4, 0.5) is 11.5 Å². The molecule has 0 spiro atoms. The topological polar surface area (TPSA) is 75.1 Å². The lowest BCUT2D eigenvalue weighted by Gasteiger charge is -2.14. The Bertz CT molecular complexity index is 920. The van der Waals surface area contributed by atoms with E-state index < -0.39 is 5.97 Å². The summed E-state index contributed by atoms with van der Waals surface area (Å²) < 4.78 is 0. The van der Waals surface area contributed by atoms with E-state index in [1.165, 1.54) is 0 Å². The van der Waals surface area contributed by atoms with Crippen LogP contribution in [0, 0.1) is 6.92 Å². The van der Waals surface area contributed by atoms with E-state index in [9.17, 15) is 9.90 Å². The zero-order chi connectivity index (χ0) is 17.3. The fraction of sp³-hybridized carbons (Fsp3) is 0.211. The number of nitrogens with one attached hydrogen (secondary N) is 1. The first-order valence-electron chi connectivity index (χ1n) is 7.83. The number of aromatic carboxylic acids is 1. The van der Waals surface area contributed by atoms with E-state index in [-0.39, 0.29) is 11.5 Å². The number of hydrogen-bond donors (Lipinski definition) is 2. The van der Waals surface area contributed by atoms with Gasteiger partial charge in [-0.25, -0.2) is 14.8 Å². The number of carboxylic acid groups (broad SMARTS) is 1. The van der Waals surface area contributed by atoms with E-state index in [0.717, 1.165) is 28.0 Å². The normalized spacial score (nSPS) is 11.0. The van der Waals surface area contributed by atoms with Gasteiger partial charge in [-0.15, -0.1) is 0 Å². The van der Waals surface area contributed by atoms with Crippen LogP contribution in [0.2, 0.25) is 0 Å². The van der Waals surface area contributed by atoms with Gasteiger partial charge < -0.3 is 10.4 Å². The van der Waals surface area contributed by atoms with Crippen molar-refractivity contribution in [3.63, 3.8) is 0 Å². The molecule has 0 radical (unpaired) electrons. The second kappa shape index (κ2) is 6.28. The van der Waals surface area contributed by atoms with Gasteiger partial charge in [0.05, 0.1) is 11.1 Å². The van der Waals surface area contributed by atoms with Crippen molar-refractivity contribution < 1.29 is 9.90 Å². The summed E-state index contributed by atoms with van der Waals surface area (Å²) in [4.78, 5) is 20.5. The van der Waals surface area contributed by atoms with Crippen molar-refractivity contribution in [2.75, 3.05) is 5.32 Å². The van der Waals surface area contributed by atoms with Gasteiger partial charge in [0.25, 0.3) is 0 Å². The molecule has 1 aromatic heterocycles. The maximum Gasteiger partial charge on any atom is 0.335 e. The molecule has 3 rings (SSSR count). The van der Waals surface area contributed by atoms with E-state index in [0.29, 0.717) is 5.82 Å². The molecule has 0 aliphatic carbocycles. The van der Waals surface area contributed by atoms with Crippen LogP contribution in [0.5, 0.6) is 0 Å². The molecule has 0 saturated carbocycles. The van der Waals surface area contributed by atoms with E-state index in [4.69, 9.17) is 0 Å². The molecule has 5 heteroatoms. The summed E-state index contributed by atoms with van der Waals surface area (Å²) in [5, 5.41) is 13.4. The lowest BCUT2D eigenvalue weighted by molar-refractivity contribution is 0.0697. The summed E-state index contributed by atoms with van der Waals surface area (Å²) in [7, 11) is 0. The third-order valence-corrected chi connectivity index (χ3v) is 3.87. The molecule has 5 nitrogen and oxygen atoms in total. The average Bonchev–Trinajstić information content (AvgIpc) is 2.56. The Morgan fingerprint density at radius 2 is 1.88 bits per heavy atom. The van der Waals surface area contributed by atoms with Crippen molar-refractivity contribution in [3.05, 3.63) is 59.4 Å². The Morgan fingerprint density at radius 1 is 1.12 bits per heavy atom.